The van der Waals surface area contributed by atoms with Gasteiger partial charge in [-0.05, 0) is 38.0 Å². The Kier molecular flexibility index (Phi) is 4.31. The highest BCUT2D eigenvalue weighted by atomic mass is 32.2. The maximum absolute atomic E-state index is 14.0. The van der Waals surface area contributed by atoms with E-state index >= 15 is 0 Å². The Bertz CT molecular complexity index is 604. The second kappa shape index (κ2) is 5.67. The van der Waals surface area contributed by atoms with Crippen molar-refractivity contribution in [2.75, 3.05) is 25.4 Å². The zero-order chi connectivity index (χ0) is 14.9. The van der Waals surface area contributed by atoms with Crippen LogP contribution in [0.3, 0.4) is 0 Å². The number of halogens is 1. The Labute approximate surface area is 118 Å². The molecule has 1 heterocycles. The summed E-state index contributed by atoms with van der Waals surface area (Å²) in [6, 6.07) is 2.34. The maximum Gasteiger partial charge on any atom is 0.246 e. The van der Waals surface area contributed by atoms with Crippen LogP contribution in [0.25, 0.3) is 0 Å². The van der Waals surface area contributed by atoms with Gasteiger partial charge in [-0.1, -0.05) is 0 Å². The first-order chi connectivity index (χ1) is 9.32. The van der Waals surface area contributed by atoms with Crippen molar-refractivity contribution >= 4 is 15.7 Å². The molecule has 0 aliphatic carbocycles. The number of anilines is 1. The normalized spacial score (nSPS) is 21.6. The van der Waals surface area contributed by atoms with Crippen molar-refractivity contribution < 1.29 is 17.5 Å². The predicted molar refractivity (Wildman–Crippen MR) is 74.3 cm³/mol. The fourth-order valence-electron chi connectivity index (χ4n) is 2.18. The first-order valence-electron chi connectivity index (χ1n) is 6.49. The first kappa shape index (κ1) is 15.2. The van der Waals surface area contributed by atoms with Gasteiger partial charge >= 0.3 is 0 Å². The van der Waals surface area contributed by atoms with Crippen molar-refractivity contribution in [2.45, 2.75) is 31.3 Å². The zero-order valence-corrected chi connectivity index (χ0v) is 12.4. The van der Waals surface area contributed by atoms with Crippen LogP contribution < -0.4 is 5.73 Å². The molecule has 1 aliphatic heterocycles. The third-order valence-corrected chi connectivity index (χ3v) is 5.23. The van der Waals surface area contributed by atoms with Gasteiger partial charge in [0.15, 0.2) is 0 Å². The van der Waals surface area contributed by atoms with Gasteiger partial charge in [0.05, 0.1) is 6.10 Å². The summed E-state index contributed by atoms with van der Waals surface area (Å²) in [5, 5.41) is 0. The molecule has 7 heteroatoms. The van der Waals surface area contributed by atoms with E-state index in [2.05, 4.69) is 0 Å². The SMILES string of the molecule is Cc1cc(F)c(S(=O)(=O)N2CCCOC(C)C2)cc1N. The summed E-state index contributed by atoms with van der Waals surface area (Å²) < 4.78 is 45.8. The average molecular weight is 302 g/mol. The number of nitrogens with two attached hydrogens (primary N) is 1. The van der Waals surface area contributed by atoms with Crippen molar-refractivity contribution in [3.63, 3.8) is 0 Å². The number of hydrogen-bond acceptors (Lipinski definition) is 4. The van der Waals surface area contributed by atoms with Crippen molar-refractivity contribution in [1.82, 2.24) is 4.31 Å². The fraction of sp³-hybridized carbons (Fsp3) is 0.538. The van der Waals surface area contributed by atoms with Crippen LogP contribution in [0.1, 0.15) is 18.9 Å². The number of rotatable bonds is 2. The quantitative estimate of drug-likeness (QED) is 0.841. The lowest BCUT2D eigenvalue weighted by Crippen LogP contribution is -2.36. The molecule has 1 fully saturated rings. The van der Waals surface area contributed by atoms with Gasteiger partial charge in [-0.2, -0.15) is 4.31 Å². The third-order valence-electron chi connectivity index (χ3n) is 3.35. The highest BCUT2D eigenvalue weighted by Crippen LogP contribution is 2.25. The molecule has 1 aromatic rings. The van der Waals surface area contributed by atoms with Crippen LogP contribution in [0.5, 0.6) is 0 Å². The van der Waals surface area contributed by atoms with Crippen LogP contribution in [0.15, 0.2) is 17.0 Å². The monoisotopic (exact) mass is 302 g/mol. The van der Waals surface area contributed by atoms with Gasteiger partial charge in [-0.3, -0.25) is 0 Å². The van der Waals surface area contributed by atoms with Gasteiger partial charge < -0.3 is 10.5 Å². The third kappa shape index (κ3) is 2.94. The Balaban J connectivity index is 2.41. The summed E-state index contributed by atoms with van der Waals surface area (Å²) >= 11 is 0. The van der Waals surface area contributed by atoms with Gasteiger partial charge in [0.2, 0.25) is 10.0 Å². The van der Waals surface area contributed by atoms with Crippen LogP contribution in [-0.2, 0) is 14.8 Å². The van der Waals surface area contributed by atoms with Gasteiger partial charge in [-0.15, -0.1) is 0 Å². The highest BCUT2D eigenvalue weighted by molar-refractivity contribution is 7.89. The van der Waals surface area contributed by atoms with Crippen LogP contribution in [0.4, 0.5) is 10.1 Å². The van der Waals surface area contributed by atoms with Crippen LogP contribution in [0.2, 0.25) is 0 Å². The number of nitrogen functional groups attached to an aromatic ring is 1. The molecule has 1 atom stereocenters. The van der Waals surface area contributed by atoms with E-state index in [4.69, 9.17) is 10.5 Å². The number of benzene rings is 1. The molecular weight excluding hydrogens is 283 g/mol. The first-order valence-corrected chi connectivity index (χ1v) is 7.93. The molecule has 0 saturated carbocycles. The molecule has 0 spiro atoms. The standard InChI is InChI=1S/C13H19FN2O3S/c1-9-6-11(14)13(7-12(9)15)20(17,18)16-4-3-5-19-10(2)8-16/h6-7,10H,3-5,8,15H2,1-2H3. The van der Waals surface area contributed by atoms with Crippen LogP contribution >= 0.6 is 0 Å². The second-order valence-electron chi connectivity index (χ2n) is 5.04. The Morgan fingerprint density at radius 1 is 1.45 bits per heavy atom. The highest BCUT2D eigenvalue weighted by Gasteiger charge is 2.30. The van der Waals surface area contributed by atoms with E-state index < -0.39 is 15.8 Å². The van der Waals surface area contributed by atoms with Crippen molar-refractivity contribution in [1.29, 1.82) is 0 Å². The summed E-state index contributed by atoms with van der Waals surface area (Å²) in [7, 11) is -3.89. The Morgan fingerprint density at radius 3 is 2.85 bits per heavy atom. The molecule has 1 unspecified atom stereocenters. The Morgan fingerprint density at radius 2 is 2.15 bits per heavy atom. The largest absolute Gasteiger partial charge is 0.398 e. The molecule has 2 N–H and O–H groups in total. The minimum absolute atomic E-state index is 0.210. The Hall–Kier alpha value is -1.18. The molecule has 2 rings (SSSR count). The second-order valence-corrected chi connectivity index (χ2v) is 6.94. The van der Waals surface area contributed by atoms with Crippen molar-refractivity contribution in [3.8, 4) is 0 Å². The summed E-state index contributed by atoms with van der Waals surface area (Å²) in [5.41, 5.74) is 6.49. The van der Waals surface area contributed by atoms with E-state index in [1.165, 1.54) is 10.4 Å². The summed E-state index contributed by atoms with van der Waals surface area (Å²) in [5.74, 6) is -0.769. The fourth-order valence-corrected chi connectivity index (χ4v) is 3.81. The summed E-state index contributed by atoms with van der Waals surface area (Å²) in [6.45, 7) is 4.48. The van der Waals surface area contributed by atoms with Gasteiger partial charge in [0.25, 0.3) is 0 Å². The van der Waals surface area contributed by atoms with E-state index in [0.717, 1.165) is 6.07 Å². The average Bonchev–Trinajstić information content (AvgIpc) is 2.58. The molecule has 1 saturated heterocycles. The van der Waals surface area contributed by atoms with Gasteiger partial charge in [-0.25, -0.2) is 12.8 Å². The molecular formula is C13H19FN2O3S. The predicted octanol–water partition coefficient (Wildman–Crippen LogP) is 1.52. The van der Waals surface area contributed by atoms with Crippen molar-refractivity contribution in [2.24, 2.45) is 0 Å². The molecule has 0 radical (unpaired) electrons. The number of ether oxygens (including phenoxy) is 1. The topological polar surface area (TPSA) is 72.6 Å². The lowest BCUT2D eigenvalue weighted by molar-refractivity contribution is 0.0752. The molecule has 0 bridgehead atoms. The molecule has 1 aliphatic rings. The van der Waals surface area contributed by atoms with Gasteiger partial charge in [0, 0.05) is 25.4 Å². The van der Waals surface area contributed by atoms with E-state index in [1.54, 1.807) is 13.8 Å². The lowest BCUT2D eigenvalue weighted by atomic mass is 10.2. The minimum Gasteiger partial charge on any atom is -0.398 e. The molecule has 1 aromatic carbocycles. The number of nitrogens with zero attached hydrogens (tertiary/aromatic N) is 1. The van der Waals surface area contributed by atoms with Crippen LogP contribution in [-0.4, -0.2) is 38.5 Å². The molecule has 0 amide bonds. The number of sulfonamides is 1. The zero-order valence-electron chi connectivity index (χ0n) is 11.6. The number of aryl methyl sites for hydroxylation is 1. The number of hydrogen-bond donors (Lipinski definition) is 1. The van der Waals surface area contributed by atoms with Gasteiger partial charge in [0.1, 0.15) is 10.7 Å². The van der Waals surface area contributed by atoms with Crippen LogP contribution in [0, 0.1) is 12.7 Å². The molecule has 112 valence electrons. The van der Waals surface area contributed by atoms with Crippen molar-refractivity contribution in [3.05, 3.63) is 23.5 Å². The summed E-state index contributed by atoms with van der Waals surface area (Å²) in [4.78, 5) is -0.366. The molecule has 5 nitrogen and oxygen atoms in total. The smallest absolute Gasteiger partial charge is 0.246 e. The molecule has 0 aromatic heterocycles. The maximum atomic E-state index is 14.0. The molecule has 20 heavy (non-hydrogen) atoms. The minimum atomic E-state index is -3.89. The van der Waals surface area contributed by atoms with E-state index in [-0.39, 0.29) is 23.2 Å². The summed E-state index contributed by atoms with van der Waals surface area (Å²) in [6.07, 6.45) is 0.380. The van der Waals surface area contributed by atoms with E-state index in [0.29, 0.717) is 25.1 Å². The van der Waals surface area contributed by atoms with E-state index in [9.17, 15) is 12.8 Å². The lowest BCUT2D eigenvalue weighted by Gasteiger charge is -2.22. The van der Waals surface area contributed by atoms with E-state index in [1.807, 2.05) is 0 Å².